The van der Waals surface area contributed by atoms with Crippen LogP contribution in [0.1, 0.15) is 18.9 Å². The fourth-order valence-corrected chi connectivity index (χ4v) is 1.97. The summed E-state index contributed by atoms with van der Waals surface area (Å²) in [7, 11) is 0. The zero-order valence-corrected chi connectivity index (χ0v) is 8.58. The Balaban J connectivity index is 2.07. The Morgan fingerprint density at radius 2 is 2.13 bits per heavy atom. The molecule has 1 fully saturated rings. The van der Waals surface area contributed by atoms with E-state index in [0.717, 1.165) is 12.5 Å². The maximum atomic E-state index is 13.3. The minimum Gasteiger partial charge on any atom is -0.392 e. The van der Waals surface area contributed by atoms with Crippen molar-refractivity contribution in [2.75, 3.05) is 0 Å². The molecule has 1 nitrogen and oxygen atoms in total. The van der Waals surface area contributed by atoms with Crippen LogP contribution in [0.4, 0.5) is 8.78 Å². The molecule has 1 aliphatic rings. The van der Waals surface area contributed by atoms with Gasteiger partial charge in [-0.1, -0.05) is 19.1 Å². The lowest BCUT2D eigenvalue weighted by molar-refractivity contribution is 0.145. The molecule has 3 heteroatoms. The van der Waals surface area contributed by atoms with Crippen molar-refractivity contribution in [1.82, 2.24) is 0 Å². The van der Waals surface area contributed by atoms with Gasteiger partial charge in [-0.25, -0.2) is 8.78 Å². The van der Waals surface area contributed by atoms with Crippen LogP contribution in [0.3, 0.4) is 0 Å². The summed E-state index contributed by atoms with van der Waals surface area (Å²) in [5, 5.41) is 9.74. The molecule has 15 heavy (non-hydrogen) atoms. The van der Waals surface area contributed by atoms with Gasteiger partial charge in [-0.05, 0) is 29.9 Å². The van der Waals surface area contributed by atoms with Crippen LogP contribution in [0.15, 0.2) is 18.2 Å². The molecule has 0 heterocycles. The van der Waals surface area contributed by atoms with Crippen molar-refractivity contribution >= 4 is 0 Å². The van der Waals surface area contributed by atoms with Crippen LogP contribution in [0.25, 0.3) is 0 Å². The molecule has 0 radical (unpaired) electrons. The van der Waals surface area contributed by atoms with Crippen LogP contribution in [-0.2, 0) is 6.42 Å². The van der Waals surface area contributed by atoms with Gasteiger partial charge in [0.25, 0.3) is 0 Å². The highest BCUT2D eigenvalue weighted by Crippen LogP contribution is 2.41. The van der Waals surface area contributed by atoms with Crippen molar-refractivity contribution in [3.05, 3.63) is 35.4 Å². The molecular weight excluding hydrogens is 198 g/mol. The van der Waals surface area contributed by atoms with Crippen molar-refractivity contribution in [2.24, 2.45) is 11.8 Å². The van der Waals surface area contributed by atoms with E-state index < -0.39 is 17.7 Å². The van der Waals surface area contributed by atoms with Crippen LogP contribution in [-0.4, -0.2) is 11.2 Å². The van der Waals surface area contributed by atoms with Crippen LogP contribution in [0.2, 0.25) is 0 Å². The molecule has 2 rings (SSSR count). The number of benzene rings is 1. The summed E-state index contributed by atoms with van der Waals surface area (Å²) in [5.41, 5.74) is 0.265. The van der Waals surface area contributed by atoms with Gasteiger partial charge < -0.3 is 5.11 Å². The first-order valence-corrected chi connectivity index (χ1v) is 5.20. The van der Waals surface area contributed by atoms with Crippen LogP contribution in [0.5, 0.6) is 0 Å². The lowest BCUT2D eigenvalue weighted by Gasteiger charge is -2.10. The van der Waals surface area contributed by atoms with E-state index in [0.29, 0.717) is 5.92 Å². The van der Waals surface area contributed by atoms with Crippen LogP contribution >= 0.6 is 0 Å². The topological polar surface area (TPSA) is 20.2 Å². The number of aliphatic hydroxyl groups excluding tert-OH is 1. The van der Waals surface area contributed by atoms with E-state index in [1.165, 1.54) is 12.1 Å². The maximum Gasteiger partial charge on any atom is 0.162 e. The summed E-state index contributed by atoms with van der Waals surface area (Å²) in [6.07, 6.45) is 0.646. The molecule has 3 unspecified atom stereocenters. The van der Waals surface area contributed by atoms with Crippen molar-refractivity contribution in [3.8, 4) is 0 Å². The van der Waals surface area contributed by atoms with Crippen molar-refractivity contribution in [2.45, 2.75) is 25.9 Å². The summed E-state index contributed by atoms with van der Waals surface area (Å²) >= 11 is 0. The Hall–Kier alpha value is -0.960. The Kier molecular flexibility index (Phi) is 2.74. The van der Waals surface area contributed by atoms with Gasteiger partial charge >= 0.3 is 0 Å². The molecule has 0 aliphatic heterocycles. The van der Waals surface area contributed by atoms with Crippen molar-refractivity contribution in [1.29, 1.82) is 0 Å². The zero-order valence-electron chi connectivity index (χ0n) is 8.58. The first-order valence-electron chi connectivity index (χ1n) is 5.20. The molecule has 0 amide bonds. The monoisotopic (exact) mass is 212 g/mol. The molecule has 1 aromatic carbocycles. The van der Waals surface area contributed by atoms with Gasteiger partial charge in [-0.15, -0.1) is 0 Å². The SMILES string of the molecule is CC1CC1C(O)Cc1cccc(F)c1F. The quantitative estimate of drug-likeness (QED) is 0.816. The molecular formula is C12H14F2O. The molecule has 1 aromatic rings. The van der Waals surface area contributed by atoms with E-state index in [-0.39, 0.29) is 17.9 Å². The second kappa shape index (κ2) is 3.89. The Bertz CT molecular complexity index is 365. The van der Waals surface area contributed by atoms with E-state index in [2.05, 4.69) is 6.92 Å². The Morgan fingerprint density at radius 3 is 2.73 bits per heavy atom. The second-order valence-electron chi connectivity index (χ2n) is 4.36. The van der Waals surface area contributed by atoms with Gasteiger partial charge in [0.15, 0.2) is 11.6 Å². The van der Waals surface area contributed by atoms with E-state index in [1.54, 1.807) is 0 Å². The normalized spacial score (nSPS) is 26.4. The van der Waals surface area contributed by atoms with Crippen molar-refractivity contribution in [3.63, 3.8) is 0 Å². The number of hydrogen-bond donors (Lipinski definition) is 1. The predicted octanol–water partition coefficient (Wildman–Crippen LogP) is 2.52. The van der Waals surface area contributed by atoms with E-state index in [9.17, 15) is 13.9 Å². The Morgan fingerprint density at radius 1 is 1.47 bits per heavy atom. The van der Waals surface area contributed by atoms with Gasteiger partial charge in [0, 0.05) is 6.42 Å². The number of aliphatic hydroxyl groups is 1. The molecule has 1 saturated carbocycles. The van der Waals surface area contributed by atoms with E-state index in [4.69, 9.17) is 0 Å². The molecule has 0 spiro atoms. The van der Waals surface area contributed by atoms with Crippen molar-refractivity contribution < 1.29 is 13.9 Å². The molecule has 0 saturated heterocycles. The smallest absolute Gasteiger partial charge is 0.162 e. The highest BCUT2D eigenvalue weighted by molar-refractivity contribution is 5.20. The highest BCUT2D eigenvalue weighted by atomic mass is 19.2. The predicted molar refractivity (Wildman–Crippen MR) is 53.3 cm³/mol. The summed E-state index contributed by atoms with van der Waals surface area (Å²) in [6, 6.07) is 4.08. The second-order valence-corrected chi connectivity index (χ2v) is 4.36. The molecule has 0 bridgehead atoms. The fourth-order valence-electron chi connectivity index (χ4n) is 1.97. The molecule has 0 aromatic heterocycles. The van der Waals surface area contributed by atoms with E-state index in [1.807, 2.05) is 0 Å². The summed E-state index contributed by atoms with van der Waals surface area (Å²) in [6.45, 7) is 2.05. The summed E-state index contributed by atoms with van der Waals surface area (Å²) in [4.78, 5) is 0. The van der Waals surface area contributed by atoms with Crippen LogP contribution in [0, 0.1) is 23.5 Å². The van der Waals surface area contributed by atoms with Gasteiger partial charge in [0.05, 0.1) is 6.10 Å². The Labute approximate surface area is 87.7 Å². The molecule has 82 valence electrons. The van der Waals surface area contributed by atoms with Gasteiger partial charge in [-0.2, -0.15) is 0 Å². The van der Waals surface area contributed by atoms with Gasteiger partial charge in [0.1, 0.15) is 0 Å². The average molecular weight is 212 g/mol. The molecule has 3 atom stereocenters. The number of hydrogen-bond acceptors (Lipinski definition) is 1. The van der Waals surface area contributed by atoms with Gasteiger partial charge in [-0.3, -0.25) is 0 Å². The number of halogens is 2. The van der Waals surface area contributed by atoms with E-state index >= 15 is 0 Å². The number of rotatable bonds is 3. The summed E-state index contributed by atoms with van der Waals surface area (Å²) in [5.74, 6) is -0.905. The standard InChI is InChI=1S/C12H14F2O/c1-7-5-9(7)11(15)6-8-3-2-4-10(13)12(8)14/h2-4,7,9,11,15H,5-6H2,1H3. The largest absolute Gasteiger partial charge is 0.392 e. The first kappa shape index (κ1) is 10.6. The third kappa shape index (κ3) is 2.17. The zero-order chi connectivity index (χ0) is 11.0. The lowest BCUT2D eigenvalue weighted by Crippen LogP contribution is -2.15. The van der Waals surface area contributed by atoms with Gasteiger partial charge in [0.2, 0.25) is 0 Å². The fraction of sp³-hybridized carbons (Fsp3) is 0.500. The minimum absolute atomic E-state index is 0.207. The third-order valence-corrected chi connectivity index (χ3v) is 3.13. The molecule has 1 aliphatic carbocycles. The average Bonchev–Trinajstić information content (AvgIpc) is 2.91. The van der Waals surface area contributed by atoms with Crippen LogP contribution < -0.4 is 0 Å². The molecule has 1 N–H and O–H groups in total. The lowest BCUT2D eigenvalue weighted by atomic mass is 10.0. The summed E-state index contributed by atoms with van der Waals surface area (Å²) < 4.78 is 26.1. The first-order chi connectivity index (χ1) is 7.09. The highest BCUT2D eigenvalue weighted by Gasteiger charge is 2.38. The minimum atomic E-state index is -0.844. The third-order valence-electron chi connectivity index (χ3n) is 3.13. The maximum absolute atomic E-state index is 13.3.